The maximum Gasteiger partial charge on any atom is 0.240 e. The molecule has 0 aliphatic heterocycles. The second kappa shape index (κ2) is 6.61. The van der Waals surface area contributed by atoms with Crippen molar-refractivity contribution in [1.82, 2.24) is 4.72 Å². The van der Waals surface area contributed by atoms with Gasteiger partial charge in [0.25, 0.3) is 0 Å². The van der Waals surface area contributed by atoms with Crippen LogP contribution in [0.4, 0.5) is 0 Å². The van der Waals surface area contributed by atoms with Gasteiger partial charge >= 0.3 is 0 Å². The first-order valence-corrected chi connectivity index (χ1v) is 8.49. The van der Waals surface area contributed by atoms with Crippen molar-refractivity contribution in [2.75, 3.05) is 20.3 Å². The fourth-order valence-electron chi connectivity index (χ4n) is 1.36. The molecular weight excluding hydrogens is 308 g/mol. The van der Waals surface area contributed by atoms with Crippen LogP contribution in [-0.2, 0) is 24.8 Å². The van der Waals surface area contributed by atoms with Crippen LogP contribution in [0, 0.1) is 0 Å². The van der Waals surface area contributed by atoms with Crippen LogP contribution in [0.5, 0.6) is 0 Å². The maximum atomic E-state index is 11.9. The van der Waals surface area contributed by atoms with Gasteiger partial charge in [0.1, 0.15) is 0 Å². The fourth-order valence-corrected chi connectivity index (χ4v) is 3.11. The van der Waals surface area contributed by atoms with E-state index in [0.717, 1.165) is 6.07 Å². The average Bonchev–Trinajstić information content (AvgIpc) is 2.36. The molecule has 0 heterocycles. The number of methoxy groups -OCH3 is 1. The van der Waals surface area contributed by atoms with Crippen molar-refractivity contribution in [1.29, 1.82) is 0 Å². The van der Waals surface area contributed by atoms with Crippen molar-refractivity contribution in [3.05, 3.63) is 24.3 Å². The van der Waals surface area contributed by atoms with Crippen LogP contribution >= 0.6 is 0 Å². The van der Waals surface area contributed by atoms with Gasteiger partial charge in [-0.3, -0.25) is 0 Å². The summed E-state index contributed by atoms with van der Waals surface area (Å²) in [5.41, 5.74) is 0. The quantitative estimate of drug-likeness (QED) is 0.565. The fraction of sp³-hybridized carbons (Fsp3) is 0.400. The lowest BCUT2D eigenvalue weighted by Crippen LogP contribution is -2.34. The lowest BCUT2D eigenvalue weighted by atomic mass is 10.4. The first-order chi connectivity index (χ1) is 9.16. The van der Waals surface area contributed by atoms with E-state index >= 15 is 0 Å². The Bertz CT molecular complexity index is 656. The van der Waals surface area contributed by atoms with Gasteiger partial charge in [-0.25, -0.2) is 26.7 Å². The molecule has 0 saturated heterocycles. The lowest BCUT2D eigenvalue weighted by Gasteiger charge is -2.11. The minimum Gasteiger partial charge on any atom is -0.389 e. The summed E-state index contributed by atoms with van der Waals surface area (Å²) in [5.74, 6) is 0. The molecule has 20 heavy (non-hydrogen) atoms. The van der Waals surface area contributed by atoms with Crippen molar-refractivity contribution in [2.45, 2.75) is 15.9 Å². The molecule has 0 saturated carbocycles. The molecular formula is C10H16N2O6S2. The third-order valence-electron chi connectivity index (χ3n) is 2.31. The van der Waals surface area contributed by atoms with E-state index in [1.165, 1.54) is 25.3 Å². The van der Waals surface area contributed by atoms with Gasteiger partial charge in [-0.2, -0.15) is 0 Å². The number of nitrogens with two attached hydrogens (primary N) is 1. The Kier molecular flexibility index (Phi) is 5.62. The molecule has 0 spiro atoms. The molecule has 10 heteroatoms. The molecule has 1 atom stereocenters. The van der Waals surface area contributed by atoms with E-state index in [-0.39, 0.29) is 22.9 Å². The molecule has 1 rings (SSSR count). The molecule has 4 N–H and O–H groups in total. The molecule has 0 aliphatic rings. The zero-order valence-corrected chi connectivity index (χ0v) is 12.3. The second-order valence-corrected chi connectivity index (χ2v) is 7.31. The Morgan fingerprint density at radius 3 is 2.45 bits per heavy atom. The number of hydrogen-bond acceptors (Lipinski definition) is 6. The molecule has 1 unspecified atom stereocenters. The molecule has 0 fully saturated rings. The molecule has 1 aromatic rings. The molecule has 0 radical (unpaired) electrons. The van der Waals surface area contributed by atoms with Crippen molar-refractivity contribution in [2.24, 2.45) is 5.14 Å². The number of sulfonamides is 2. The zero-order valence-electron chi connectivity index (χ0n) is 10.7. The number of aliphatic hydroxyl groups excluding tert-OH is 1. The van der Waals surface area contributed by atoms with Gasteiger partial charge in [-0.15, -0.1) is 0 Å². The summed E-state index contributed by atoms with van der Waals surface area (Å²) in [6.45, 7) is -0.282. The van der Waals surface area contributed by atoms with E-state index in [2.05, 4.69) is 9.46 Å². The van der Waals surface area contributed by atoms with Gasteiger partial charge in [0.2, 0.25) is 20.0 Å². The third-order valence-corrected chi connectivity index (χ3v) is 4.64. The smallest absolute Gasteiger partial charge is 0.240 e. The van der Waals surface area contributed by atoms with Crippen LogP contribution < -0.4 is 9.86 Å². The van der Waals surface area contributed by atoms with Gasteiger partial charge in [0.05, 0.1) is 22.5 Å². The minimum atomic E-state index is -3.99. The number of primary sulfonamides is 1. The molecule has 8 nitrogen and oxygen atoms in total. The summed E-state index contributed by atoms with van der Waals surface area (Å²) in [6, 6.07) is 4.62. The number of hydrogen-bond donors (Lipinski definition) is 3. The molecule has 114 valence electrons. The Labute approximate surface area is 117 Å². The van der Waals surface area contributed by atoms with Gasteiger partial charge in [-0.1, -0.05) is 6.07 Å². The number of rotatable bonds is 7. The van der Waals surface area contributed by atoms with Crippen LogP contribution in [0.25, 0.3) is 0 Å². The topological polar surface area (TPSA) is 136 Å². The number of aliphatic hydroxyl groups is 1. The van der Waals surface area contributed by atoms with Gasteiger partial charge in [-0.05, 0) is 18.2 Å². The summed E-state index contributed by atoms with van der Waals surface area (Å²) in [6.07, 6.45) is -1.00. The lowest BCUT2D eigenvalue weighted by molar-refractivity contribution is 0.0679. The van der Waals surface area contributed by atoms with E-state index in [4.69, 9.17) is 5.14 Å². The van der Waals surface area contributed by atoms with E-state index in [1.807, 2.05) is 0 Å². The highest BCUT2D eigenvalue weighted by atomic mass is 32.2. The first kappa shape index (κ1) is 17.0. The molecule has 0 aliphatic carbocycles. The van der Waals surface area contributed by atoms with Crippen molar-refractivity contribution < 1.29 is 26.7 Å². The molecule has 0 bridgehead atoms. The summed E-state index contributed by atoms with van der Waals surface area (Å²) >= 11 is 0. The van der Waals surface area contributed by atoms with Crippen molar-refractivity contribution in [3.8, 4) is 0 Å². The summed E-state index contributed by atoms with van der Waals surface area (Å²) < 4.78 is 53.0. The molecule has 0 aromatic heterocycles. The van der Waals surface area contributed by atoms with E-state index in [0.29, 0.717) is 0 Å². The van der Waals surface area contributed by atoms with Crippen LogP contribution in [0.1, 0.15) is 0 Å². The van der Waals surface area contributed by atoms with Gasteiger partial charge in [0, 0.05) is 13.7 Å². The zero-order chi connectivity index (χ0) is 15.4. The summed E-state index contributed by atoms with van der Waals surface area (Å²) in [4.78, 5) is -0.563. The van der Waals surface area contributed by atoms with Gasteiger partial charge < -0.3 is 9.84 Å². The SMILES string of the molecule is COCC(O)CNS(=O)(=O)c1cccc(S(N)(=O)=O)c1. The number of ether oxygens (including phenoxy) is 1. The monoisotopic (exact) mass is 324 g/mol. The predicted molar refractivity (Wildman–Crippen MR) is 70.9 cm³/mol. The van der Waals surface area contributed by atoms with E-state index < -0.39 is 26.2 Å². The number of benzene rings is 1. The van der Waals surface area contributed by atoms with Crippen LogP contribution in [0.3, 0.4) is 0 Å². The van der Waals surface area contributed by atoms with Crippen LogP contribution in [0.15, 0.2) is 34.1 Å². The standard InChI is InChI=1S/C10H16N2O6S2/c1-18-7-8(13)6-12-20(16,17)10-4-2-3-9(5-10)19(11,14)15/h2-5,8,12-13H,6-7H2,1H3,(H2,11,14,15). The summed E-state index contributed by atoms with van der Waals surface area (Å²) in [7, 11) is -6.56. The highest BCUT2D eigenvalue weighted by Crippen LogP contribution is 2.14. The van der Waals surface area contributed by atoms with Crippen LogP contribution in [-0.4, -0.2) is 48.3 Å². The van der Waals surface area contributed by atoms with Crippen LogP contribution in [0.2, 0.25) is 0 Å². The summed E-state index contributed by atoms with van der Waals surface area (Å²) in [5, 5.41) is 14.3. The second-order valence-electron chi connectivity index (χ2n) is 3.98. The third kappa shape index (κ3) is 4.81. The van der Waals surface area contributed by atoms with Gasteiger partial charge in [0.15, 0.2) is 0 Å². The first-order valence-electron chi connectivity index (χ1n) is 5.46. The Morgan fingerprint density at radius 2 is 1.90 bits per heavy atom. The average molecular weight is 324 g/mol. The Hall–Kier alpha value is -1.04. The highest BCUT2D eigenvalue weighted by molar-refractivity contribution is 7.90. The van der Waals surface area contributed by atoms with E-state index in [1.54, 1.807) is 0 Å². The maximum absolute atomic E-state index is 11.9. The molecule has 1 aromatic carbocycles. The predicted octanol–water partition coefficient (Wildman–Crippen LogP) is -1.38. The van der Waals surface area contributed by atoms with E-state index in [9.17, 15) is 21.9 Å². The highest BCUT2D eigenvalue weighted by Gasteiger charge is 2.18. The molecule has 0 amide bonds. The number of nitrogens with one attached hydrogen (secondary N) is 1. The normalized spacial score (nSPS) is 14.2. The largest absolute Gasteiger partial charge is 0.389 e. The van der Waals surface area contributed by atoms with Crippen molar-refractivity contribution in [3.63, 3.8) is 0 Å². The van der Waals surface area contributed by atoms with Crippen molar-refractivity contribution >= 4 is 20.0 Å². The Balaban J connectivity index is 2.94. The Morgan fingerprint density at radius 1 is 1.30 bits per heavy atom. The minimum absolute atomic E-state index is 0.0280.